The molecule has 0 aliphatic carbocycles. The van der Waals surface area contributed by atoms with Crippen LogP contribution in [0.5, 0.6) is 0 Å². The Labute approximate surface area is 159 Å². The highest BCUT2D eigenvalue weighted by molar-refractivity contribution is 7.10. The highest BCUT2D eigenvalue weighted by Gasteiger charge is 2.45. The molecule has 3 heteroatoms. The van der Waals surface area contributed by atoms with Crippen molar-refractivity contribution in [1.29, 1.82) is 0 Å². The van der Waals surface area contributed by atoms with Crippen molar-refractivity contribution in [2.75, 3.05) is 0 Å². The summed E-state index contributed by atoms with van der Waals surface area (Å²) in [5.41, 5.74) is 0. The highest BCUT2D eigenvalue weighted by atomic mass is 28.4. The van der Waals surface area contributed by atoms with E-state index in [1.54, 1.807) is 0 Å². The summed E-state index contributed by atoms with van der Waals surface area (Å²) >= 11 is 0. The van der Waals surface area contributed by atoms with Gasteiger partial charge in [-0.1, -0.05) is 97.1 Å². The van der Waals surface area contributed by atoms with Gasteiger partial charge in [-0.25, -0.2) is 0 Å². The van der Waals surface area contributed by atoms with Gasteiger partial charge < -0.3 is 4.12 Å². The molecule has 0 atom stereocenters. The Balaban J connectivity index is 2.30. The molecule has 0 amide bonds. The molecular formula is C23H26OSi2. The molecule has 0 aliphatic rings. The minimum atomic E-state index is -2.58. The summed E-state index contributed by atoms with van der Waals surface area (Å²) < 4.78 is 7.23. The van der Waals surface area contributed by atoms with Gasteiger partial charge in [0.05, 0.1) is 0 Å². The van der Waals surface area contributed by atoms with E-state index in [0.29, 0.717) is 0 Å². The molecule has 1 nitrogen and oxygen atoms in total. The highest BCUT2D eigenvalue weighted by Crippen LogP contribution is 2.20. The fourth-order valence-electron chi connectivity index (χ4n) is 3.50. The van der Waals surface area contributed by atoms with Gasteiger partial charge in [0.25, 0.3) is 8.32 Å². The summed E-state index contributed by atoms with van der Waals surface area (Å²) in [6, 6.07) is 33.2. The van der Waals surface area contributed by atoms with Crippen molar-refractivity contribution in [3.63, 3.8) is 0 Å². The van der Waals surface area contributed by atoms with Crippen LogP contribution >= 0.6 is 0 Å². The molecule has 26 heavy (non-hydrogen) atoms. The molecule has 0 radical (unpaired) electrons. The predicted octanol–water partition coefficient (Wildman–Crippen LogP) is 4.06. The molecule has 3 rings (SSSR count). The summed E-state index contributed by atoms with van der Waals surface area (Å²) in [4.78, 5) is 0. The fraction of sp³-hybridized carbons (Fsp3) is 0.130. The van der Waals surface area contributed by atoms with Crippen LogP contribution in [0.3, 0.4) is 0 Å². The molecule has 132 valence electrons. The Kier molecular flexibility index (Phi) is 5.72. The number of hydrogen-bond acceptors (Lipinski definition) is 1. The van der Waals surface area contributed by atoms with Crippen molar-refractivity contribution in [2.45, 2.75) is 19.1 Å². The van der Waals surface area contributed by atoms with Crippen LogP contribution in [0.15, 0.2) is 104 Å². The number of rotatable bonds is 7. The zero-order valence-corrected chi connectivity index (χ0v) is 17.6. The van der Waals surface area contributed by atoms with Gasteiger partial charge in [-0.15, -0.1) is 6.58 Å². The Morgan fingerprint density at radius 3 is 1.35 bits per heavy atom. The van der Waals surface area contributed by atoms with Crippen molar-refractivity contribution in [1.82, 2.24) is 0 Å². The average Bonchev–Trinajstić information content (AvgIpc) is 2.68. The van der Waals surface area contributed by atoms with Crippen molar-refractivity contribution in [3.8, 4) is 0 Å². The largest absolute Gasteiger partial charge is 0.446 e. The van der Waals surface area contributed by atoms with Gasteiger partial charge in [0, 0.05) is 0 Å². The quantitative estimate of drug-likeness (QED) is 0.344. The van der Waals surface area contributed by atoms with E-state index >= 15 is 0 Å². The third-order valence-corrected chi connectivity index (χ3v) is 12.8. The van der Waals surface area contributed by atoms with Crippen molar-refractivity contribution in [2.24, 2.45) is 0 Å². The van der Waals surface area contributed by atoms with Crippen LogP contribution in [-0.2, 0) is 4.12 Å². The number of allylic oxidation sites excluding steroid dienone is 1. The maximum atomic E-state index is 7.23. The topological polar surface area (TPSA) is 9.23 Å². The van der Waals surface area contributed by atoms with E-state index in [1.807, 2.05) is 6.08 Å². The van der Waals surface area contributed by atoms with Crippen molar-refractivity contribution >= 4 is 32.2 Å². The lowest BCUT2D eigenvalue weighted by molar-refractivity contribution is 0.573. The maximum Gasteiger partial charge on any atom is 0.278 e. The molecule has 3 aromatic rings. The summed E-state index contributed by atoms with van der Waals surface area (Å²) in [6.45, 7) is 8.56. The van der Waals surface area contributed by atoms with Crippen LogP contribution in [0.25, 0.3) is 0 Å². The summed E-state index contributed by atoms with van der Waals surface area (Å²) in [5, 5.41) is 3.88. The standard InChI is InChI=1S/C23H26OSi2/c1-4-20-25(2,3)24-26(21-14-8-5-9-15-21,22-16-10-6-11-17-22)23-18-12-7-13-19-23/h4-19H,1,20H2,2-3H3. The van der Waals surface area contributed by atoms with Gasteiger partial charge in [-0.2, -0.15) is 0 Å². The van der Waals surface area contributed by atoms with Crippen LogP contribution in [0.4, 0.5) is 0 Å². The molecule has 0 saturated heterocycles. The third kappa shape index (κ3) is 3.80. The van der Waals surface area contributed by atoms with Crippen LogP contribution in [-0.4, -0.2) is 16.6 Å². The molecule has 0 saturated carbocycles. The van der Waals surface area contributed by atoms with E-state index < -0.39 is 16.6 Å². The molecule has 0 heterocycles. The summed E-state index contributed by atoms with van der Waals surface area (Å²) in [5.74, 6) is 0. The zero-order chi connectivity index (χ0) is 18.5. The summed E-state index contributed by atoms with van der Waals surface area (Å²) in [6.07, 6.45) is 2.01. The lowest BCUT2D eigenvalue weighted by Gasteiger charge is -2.39. The number of benzene rings is 3. The predicted molar refractivity (Wildman–Crippen MR) is 118 cm³/mol. The van der Waals surface area contributed by atoms with Crippen molar-refractivity contribution in [3.05, 3.63) is 104 Å². The minimum Gasteiger partial charge on any atom is -0.446 e. The van der Waals surface area contributed by atoms with Gasteiger partial charge in [-0.05, 0) is 34.7 Å². The molecule has 0 aromatic heterocycles. The van der Waals surface area contributed by atoms with Crippen LogP contribution < -0.4 is 15.6 Å². The van der Waals surface area contributed by atoms with Crippen LogP contribution in [0.2, 0.25) is 19.1 Å². The molecule has 0 fully saturated rings. The fourth-order valence-corrected chi connectivity index (χ4v) is 12.2. The second-order valence-electron chi connectivity index (χ2n) is 7.13. The minimum absolute atomic E-state index is 0.939. The lowest BCUT2D eigenvalue weighted by Crippen LogP contribution is -2.72. The smallest absolute Gasteiger partial charge is 0.278 e. The first-order chi connectivity index (χ1) is 12.6. The van der Waals surface area contributed by atoms with E-state index in [4.69, 9.17) is 4.12 Å². The second-order valence-corrected chi connectivity index (χ2v) is 15.0. The van der Waals surface area contributed by atoms with Crippen molar-refractivity contribution < 1.29 is 4.12 Å². The first-order valence-electron chi connectivity index (χ1n) is 9.06. The monoisotopic (exact) mass is 374 g/mol. The lowest BCUT2D eigenvalue weighted by atomic mass is 10.3. The maximum absolute atomic E-state index is 7.23. The van der Waals surface area contributed by atoms with E-state index in [0.717, 1.165) is 6.04 Å². The first kappa shape index (κ1) is 18.6. The van der Waals surface area contributed by atoms with Gasteiger partial charge >= 0.3 is 0 Å². The Morgan fingerprint density at radius 1 is 0.692 bits per heavy atom. The normalized spacial score (nSPS) is 11.9. The van der Waals surface area contributed by atoms with E-state index in [2.05, 4.69) is 111 Å². The summed E-state index contributed by atoms with van der Waals surface area (Å²) in [7, 11) is -4.53. The molecule has 0 unspecified atom stereocenters. The third-order valence-electron chi connectivity index (χ3n) is 4.61. The Morgan fingerprint density at radius 2 is 1.04 bits per heavy atom. The van der Waals surface area contributed by atoms with E-state index in [9.17, 15) is 0 Å². The second kappa shape index (κ2) is 8.00. The Hall–Kier alpha value is -2.21. The van der Waals surface area contributed by atoms with Crippen LogP contribution in [0, 0.1) is 0 Å². The van der Waals surface area contributed by atoms with Gasteiger partial charge in [0.1, 0.15) is 0 Å². The van der Waals surface area contributed by atoms with E-state index in [-0.39, 0.29) is 0 Å². The van der Waals surface area contributed by atoms with Gasteiger partial charge in [0.15, 0.2) is 8.32 Å². The zero-order valence-electron chi connectivity index (χ0n) is 15.6. The molecular weight excluding hydrogens is 348 g/mol. The van der Waals surface area contributed by atoms with Crippen LogP contribution in [0.1, 0.15) is 0 Å². The molecule has 0 aliphatic heterocycles. The number of hydrogen-bond donors (Lipinski definition) is 0. The van der Waals surface area contributed by atoms with Gasteiger partial charge in [-0.3, -0.25) is 0 Å². The van der Waals surface area contributed by atoms with E-state index in [1.165, 1.54) is 15.6 Å². The first-order valence-corrected chi connectivity index (χ1v) is 14.1. The van der Waals surface area contributed by atoms with Gasteiger partial charge in [0.2, 0.25) is 0 Å². The Bertz CT molecular complexity index is 733. The average molecular weight is 375 g/mol. The molecule has 0 bridgehead atoms. The SMILES string of the molecule is C=CC[Si](C)(C)O[Si](c1ccccc1)(c1ccccc1)c1ccccc1. The molecule has 0 spiro atoms. The molecule has 3 aromatic carbocycles. The molecule has 0 N–H and O–H groups in total.